The first-order valence-electron chi connectivity index (χ1n) is 6.38. The molecule has 0 aromatic carbocycles. The molecule has 0 atom stereocenters. The van der Waals surface area contributed by atoms with E-state index in [1.807, 2.05) is 0 Å². The molecule has 0 radical (unpaired) electrons. The van der Waals surface area contributed by atoms with Crippen LogP contribution in [0.15, 0.2) is 0 Å². The molecule has 94 valence electrons. The van der Waals surface area contributed by atoms with Gasteiger partial charge in [0.15, 0.2) is 0 Å². The predicted molar refractivity (Wildman–Crippen MR) is 64.3 cm³/mol. The standard InChI is InChI=1S/C12H24N2O2/c1-2-5-13-6-7-14-12(15)10-11-3-8-16-9-4-11/h11,13H,2-10H2,1H3,(H,14,15). The van der Waals surface area contributed by atoms with Crippen LogP contribution in [-0.2, 0) is 9.53 Å². The highest BCUT2D eigenvalue weighted by molar-refractivity contribution is 5.76. The van der Waals surface area contributed by atoms with Crippen molar-refractivity contribution in [3.05, 3.63) is 0 Å². The molecule has 2 N–H and O–H groups in total. The summed E-state index contributed by atoms with van der Waals surface area (Å²) >= 11 is 0. The van der Waals surface area contributed by atoms with Crippen LogP contribution in [0.1, 0.15) is 32.6 Å². The van der Waals surface area contributed by atoms with Crippen molar-refractivity contribution in [3.63, 3.8) is 0 Å². The molecule has 16 heavy (non-hydrogen) atoms. The Morgan fingerprint density at radius 1 is 1.25 bits per heavy atom. The number of amides is 1. The lowest BCUT2D eigenvalue weighted by Gasteiger charge is -2.21. The topological polar surface area (TPSA) is 50.4 Å². The fourth-order valence-electron chi connectivity index (χ4n) is 1.88. The molecule has 0 aliphatic carbocycles. The zero-order valence-corrected chi connectivity index (χ0v) is 10.3. The Balaban J connectivity index is 1.97. The highest BCUT2D eigenvalue weighted by Gasteiger charge is 2.16. The van der Waals surface area contributed by atoms with Crippen LogP contribution in [0.2, 0.25) is 0 Å². The Hall–Kier alpha value is -0.610. The van der Waals surface area contributed by atoms with Crippen LogP contribution >= 0.6 is 0 Å². The van der Waals surface area contributed by atoms with Crippen molar-refractivity contribution in [2.24, 2.45) is 5.92 Å². The summed E-state index contributed by atoms with van der Waals surface area (Å²) in [5.41, 5.74) is 0. The maximum absolute atomic E-state index is 11.6. The quantitative estimate of drug-likeness (QED) is 0.637. The van der Waals surface area contributed by atoms with Gasteiger partial charge in [0.25, 0.3) is 0 Å². The molecule has 1 fully saturated rings. The van der Waals surface area contributed by atoms with E-state index < -0.39 is 0 Å². The Morgan fingerprint density at radius 2 is 2.00 bits per heavy atom. The van der Waals surface area contributed by atoms with E-state index in [-0.39, 0.29) is 5.91 Å². The molecule has 1 amide bonds. The number of nitrogens with one attached hydrogen (secondary N) is 2. The summed E-state index contributed by atoms with van der Waals surface area (Å²) < 4.78 is 5.27. The Morgan fingerprint density at radius 3 is 2.69 bits per heavy atom. The molecule has 0 aromatic rings. The summed E-state index contributed by atoms with van der Waals surface area (Å²) in [6.07, 6.45) is 3.86. The molecule has 0 spiro atoms. The van der Waals surface area contributed by atoms with E-state index in [2.05, 4.69) is 17.6 Å². The van der Waals surface area contributed by atoms with E-state index in [0.29, 0.717) is 12.3 Å². The van der Waals surface area contributed by atoms with Gasteiger partial charge in [-0.25, -0.2) is 0 Å². The van der Waals surface area contributed by atoms with Crippen molar-refractivity contribution < 1.29 is 9.53 Å². The minimum atomic E-state index is 0.185. The molecule has 4 nitrogen and oxygen atoms in total. The molecule has 0 unspecified atom stereocenters. The average molecular weight is 228 g/mol. The van der Waals surface area contributed by atoms with Crippen LogP contribution in [0.5, 0.6) is 0 Å². The van der Waals surface area contributed by atoms with E-state index >= 15 is 0 Å². The molecule has 0 aromatic heterocycles. The molecule has 0 saturated carbocycles. The number of carbonyl (C=O) groups excluding carboxylic acids is 1. The molecule has 1 aliphatic heterocycles. The normalized spacial score (nSPS) is 17.3. The number of carbonyl (C=O) groups is 1. The Labute approximate surface area is 98.1 Å². The van der Waals surface area contributed by atoms with E-state index in [1.165, 1.54) is 0 Å². The van der Waals surface area contributed by atoms with Crippen LogP contribution in [0.25, 0.3) is 0 Å². The monoisotopic (exact) mass is 228 g/mol. The summed E-state index contributed by atoms with van der Waals surface area (Å²) in [6.45, 7) is 6.40. The lowest BCUT2D eigenvalue weighted by molar-refractivity contribution is -0.122. The largest absolute Gasteiger partial charge is 0.381 e. The molecular formula is C12H24N2O2. The number of hydrogen-bond acceptors (Lipinski definition) is 3. The van der Waals surface area contributed by atoms with E-state index in [1.54, 1.807) is 0 Å². The SMILES string of the molecule is CCCNCCNC(=O)CC1CCOCC1. The van der Waals surface area contributed by atoms with Crippen LogP contribution in [-0.4, -0.2) is 38.8 Å². The number of rotatable bonds is 7. The second kappa shape index (κ2) is 8.53. The molecule has 1 rings (SSSR count). The predicted octanol–water partition coefficient (Wildman–Crippen LogP) is 0.919. The zero-order valence-electron chi connectivity index (χ0n) is 10.3. The third-order valence-corrected chi connectivity index (χ3v) is 2.87. The molecule has 1 saturated heterocycles. The van der Waals surface area contributed by atoms with E-state index in [0.717, 1.165) is 52.1 Å². The first kappa shape index (κ1) is 13.5. The zero-order chi connectivity index (χ0) is 11.6. The van der Waals surface area contributed by atoms with Gasteiger partial charge in [-0.3, -0.25) is 4.79 Å². The molecule has 1 aliphatic rings. The Bertz CT molecular complexity index is 191. The van der Waals surface area contributed by atoms with Crippen molar-refractivity contribution in [1.29, 1.82) is 0 Å². The fourth-order valence-corrected chi connectivity index (χ4v) is 1.88. The van der Waals surface area contributed by atoms with Gasteiger partial charge in [-0.05, 0) is 31.7 Å². The summed E-state index contributed by atoms with van der Waals surface area (Å²) in [6, 6.07) is 0. The first-order chi connectivity index (χ1) is 7.83. The summed E-state index contributed by atoms with van der Waals surface area (Å²) in [5.74, 6) is 0.711. The van der Waals surface area contributed by atoms with E-state index in [9.17, 15) is 4.79 Å². The number of hydrogen-bond donors (Lipinski definition) is 2. The highest BCUT2D eigenvalue weighted by atomic mass is 16.5. The first-order valence-corrected chi connectivity index (χ1v) is 6.38. The van der Waals surface area contributed by atoms with Crippen molar-refractivity contribution >= 4 is 5.91 Å². The van der Waals surface area contributed by atoms with Crippen LogP contribution in [0.3, 0.4) is 0 Å². The second-order valence-electron chi connectivity index (χ2n) is 4.36. The molecule has 4 heteroatoms. The van der Waals surface area contributed by atoms with Crippen LogP contribution in [0.4, 0.5) is 0 Å². The third kappa shape index (κ3) is 6.08. The average Bonchev–Trinajstić information content (AvgIpc) is 2.30. The molecular weight excluding hydrogens is 204 g/mol. The van der Waals surface area contributed by atoms with Gasteiger partial charge >= 0.3 is 0 Å². The summed E-state index contributed by atoms with van der Waals surface area (Å²) in [4.78, 5) is 11.6. The Kier molecular flexibility index (Phi) is 7.17. The summed E-state index contributed by atoms with van der Waals surface area (Å²) in [7, 11) is 0. The maximum atomic E-state index is 11.6. The highest BCUT2D eigenvalue weighted by Crippen LogP contribution is 2.17. The van der Waals surface area contributed by atoms with Crippen LogP contribution < -0.4 is 10.6 Å². The van der Waals surface area contributed by atoms with Gasteiger partial charge in [0.2, 0.25) is 5.91 Å². The minimum Gasteiger partial charge on any atom is -0.381 e. The van der Waals surface area contributed by atoms with Crippen LogP contribution in [0, 0.1) is 5.92 Å². The van der Waals surface area contributed by atoms with Gasteiger partial charge in [0.1, 0.15) is 0 Å². The summed E-state index contributed by atoms with van der Waals surface area (Å²) in [5, 5.41) is 6.21. The molecule has 0 bridgehead atoms. The number of ether oxygens (including phenoxy) is 1. The molecule has 1 heterocycles. The smallest absolute Gasteiger partial charge is 0.220 e. The van der Waals surface area contributed by atoms with E-state index in [4.69, 9.17) is 4.74 Å². The van der Waals surface area contributed by atoms with Crippen molar-refractivity contribution in [2.75, 3.05) is 32.8 Å². The fraction of sp³-hybridized carbons (Fsp3) is 0.917. The van der Waals surface area contributed by atoms with Gasteiger partial charge in [-0.15, -0.1) is 0 Å². The van der Waals surface area contributed by atoms with Gasteiger partial charge in [-0.1, -0.05) is 6.92 Å². The van der Waals surface area contributed by atoms with Gasteiger partial charge in [0.05, 0.1) is 0 Å². The minimum absolute atomic E-state index is 0.185. The van der Waals surface area contributed by atoms with Gasteiger partial charge in [0, 0.05) is 32.7 Å². The lowest BCUT2D eigenvalue weighted by atomic mass is 9.96. The maximum Gasteiger partial charge on any atom is 0.220 e. The van der Waals surface area contributed by atoms with Gasteiger partial charge in [-0.2, -0.15) is 0 Å². The van der Waals surface area contributed by atoms with Crippen molar-refractivity contribution in [3.8, 4) is 0 Å². The second-order valence-corrected chi connectivity index (χ2v) is 4.36. The lowest BCUT2D eigenvalue weighted by Crippen LogP contribution is -2.33. The van der Waals surface area contributed by atoms with Crippen molar-refractivity contribution in [2.45, 2.75) is 32.6 Å². The van der Waals surface area contributed by atoms with Gasteiger partial charge < -0.3 is 15.4 Å². The van der Waals surface area contributed by atoms with Crippen molar-refractivity contribution in [1.82, 2.24) is 10.6 Å². The third-order valence-electron chi connectivity index (χ3n) is 2.87.